The predicted octanol–water partition coefficient (Wildman–Crippen LogP) is 2.99. The minimum Gasteiger partial charge on any atom is -0.466 e. The Labute approximate surface area is 137 Å². The number of allylic oxidation sites excluding steroid dienone is 1. The third kappa shape index (κ3) is 5.66. The summed E-state index contributed by atoms with van der Waals surface area (Å²) >= 11 is 0. The van der Waals surface area contributed by atoms with Crippen molar-refractivity contribution in [3.05, 3.63) is 23.8 Å². The van der Waals surface area contributed by atoms with E-state index in [9.17, 15) is 14.4 Å². The molecule has 23 heavy (non-hydrogen) atoms. The van der Waals surface area contributed by atoms with E-state index in [1.165, 1.54) is 14.0 Å². The largest absolute Gasteiger partial charge is 0.466 e. The average molecular weight is 322 g/mol. The summed E-state index contributed by atoms with van der Waals surface area (Å²) in [7, 11) is 1.31. The van der Waals surface area contributed by atoms with Crippen LogP contribution in [0.4, 0.5) is 0 Å². The third-order valence-corrected chi connectivity index (χ3v) is 4.28. The van der Waals surface area contributed by atoms with Crippen molar-refractivity contribution in [1.82, 2.24) is 0 Å². The summed E-state index contributed by atoms with van der Waals surface area (Å²) in [5.41, 5.74) is 1.40. The smallest absolute Gasteiger partial charge is 0.333 e. The molecule has 0 radical (unpaired) electrons. The average Bonchev–Trinajstić information content (AvgIpc) is 2.62. The fraction of sp³-hybridized carbons (Fsp3) is 0.611. The van der Waals surface area contributed by atoms with Gasteiger partial charge in [-0.25, -0.2) is 4.79 Å². The first-order valence-corrected chi connectivity index (χ1v) is 7.90. The minimum atomic E-state index is -0.550. The molecule has 0 aromatic heterocycles. The number of ether oxygens (including phenoxy) is 2. The SMILES string of the molecule is C=C(C(=O)OC)[C@H]1CC[C@H](C)C(CCC(C)=O)=C[C@H]1OC(C)=O. The molecule has 0 aromatic carbocycles. The molecule has 0 amide bonds. The topological polar surface area (TPSA) is 69.7 Å². The van der Waals surface area contributed by atoms with Crippen molar-refractivity contribution in [2.24, 2.45) is 11.8 Å². The predicted molar refractivity (Wildman–Crippen MR) is 86.6 cm³/mol. The Hall–Kier alpha value is -1.91. The van der Waals surface area contributed by atoms with Crippen molar-refractivity contribution in [2.45, 2.75) is 52.6 Å². The van der Waals surface area contributed by atoms with Crippen LogP contribution >= 0.6 is 0 Å². The van der Waals surface area contributed by atoms with Crippen LogP contribution in [0.25, 0.3) is 0 Å². The zero-order chi connectivity index (χ0) is 17.6. The second-order valence-corrected chi connectivity index (χ2v) is 6.12. The Morgan fingerprint density at radius 3 is 2.43 bits per heavy atom. The van der Waals surface area contributed by atoms with Gasteiger partial charge in [0.25, 0.3) is 0 Å². The number of ketones is 1. The van der Waals surface area contributed by atoms with E-state index in [0.29, 0.717) is 24.8 Å². The second-order valence-electron chi connectivity index (χ2n) is 6.12. The van der Waals surface area contributed by atoms with Crippen molar-refractivity contribution in [3.63, 3.8) is 0 Å². The zero-order valence-corrected chi connectivity index (χ0v) is 14.4. The number of Topliss-reactive ketones (excluding diaryl/α,β-unsaturated/α-hetero) is 1. The van der Waals surface area contributed by atoms with Crippen LogP contribution in [0.2, 0.25) is 0 Å². The molecular formula is C18H26O5. The van der Waals surface area contributed by atoms with Gasteiger partial charge in [-0.15, -0.1) is 0 Å². The lowest BCUT2D eigenvalue weighted by Crippen LogP contribution is -2.28. The van der Waals surface area contributed by atoms with Crippen molar-refractivity contribution >= 4 is 17.7 Å². The Bertz CT molecular complexity index is 518. The summed E-state index contributed by atoms with van der Waals surface area (Å²) < 4.78 is 10.2. The maximum atomic E-state index is 11.8. The van der Waals surface area contributed by atoms with Gasteiger partial charge in [0.1, 0.15) is 11.9 Å². The molecule has 0 bridgehead atoms. The number of hydrogen-bond acceptors (Lipinski definition) is 5. The molecule has 0 saturated carbocycles. The number of esters is 2. The highest BCUT2D eigenvalue weighted by Gasteiger charge is 2.32. The fourth-order valence-corrected chi connectivity index (χ4v) is 2.88. The lowest BCUT2D eigenvalue weighted by molar-refractivity contribution is -0.147. The molecule has 0 spiro atoms. The van der Waals surface area contributed by atoms with Gasteiger partial charge in [-0.1, -0.05) is 19.1 Å². The molecule has 1 aliphatic rings. The van der Waals surface area contributed by atoms with Crippen LogP contribution in [-0.4, -0.2) is 30.9 Å². The molecule has 0 heterocycles. The Balaban J connectivity index is 3.08. The second kappa shape index (κ2) is 8.65. The highest BCUT2D eigenvalue weighted by molar-refractivity contribution is 5.88. The van der Waals surface area contributed by atoms with E-state index in [4.69, 9.17) is 9.47 Å². The molecule has 1 aliphatic carbocycles. The molecule has 0 aromatic rings. The lowest BCUT2D eigenvalue weighted by atomic mass is 9.89. The van der Waals surface area contributed by atoms with Crippen LogP contribution in [0.15, 0.2) is 23.8 Å². The van der Waals surface area contributed by atoms with Crippen molar-refractivity contribution < 1.29 is 23.9 Å². The normalized spacial score (nSPS) is 24.2. The summed E-state index contributed by atoms with van der Waals surface area (Å²) in [6.07, 6.45) is 3.96. The number of rotatable bonds is 6. The fourth-order valence-electron chi connectivity index (χ4n) is 2.88. The molecule has 0 N–H and O–H groups in total. The molecule has 3 atom stereocenters. The summed E-state index contributed by atoms with van der Waals surface area (Å²) in [5, 5.41) is 0. The first-order chi connectivity index (χ1) is 10.8. The number of methoxy groups -OCH3 is 1. The van der Waals surface area contributed by atoms with Gasteiger partial charge in [0.2, 0.25) is 0 Å². The van der Waals surface area contributed by atoms with Crippen LogP contribution in [0.1, 0.15) is 46.5 Å². The Kier molecular flexibility index (Phi) is 7.20. The van der Waals surface area contributed by atoms with E-state index in [2.05, 4.69) is 13.5 Å². The molecular weight excluding hydrogens is 296 g/mol. The molecule has 0 aliphatic heterocycles. The van der Waals surface area contributed by atoms with Crippen molar-refractivity contribution in [3.8, 4) is 0 Å². The number of hydrogen-bond donors (Lipinski definition) is 0. The van der Waals surface area contributed by atoms with E-state index >= 15 is 0 Å². The van der Waals surface area contributed by atoms with Gasteiger partial charge >= 0.3 is 11.9 Å². The zero-order valence-electron chi connectivity index (χ0n) is 14.4. The van der Waals surface area contributed by atoms with Crippen LogP contribution in [-0.2, 0) is 23.9 Å². The van der Waals surface area contributed by atoms with Gasteiger partial charge in [0.05, 0.1) is 7.11 Å². The van der Waals surface area contributed by atoms with E-state index in [1.807, 2.05) is 6.08 Å². The molecule has 5 nitrogen and oxygen atoms in total. The summed E-state index contributed by atoms with van der Waals surface area (Å²) in [6.45, 7) is 8.81. The summed E-state index contributed by atoms with van der Waals surface area (Å²) in [6, 6.07) is 0. The van der Waals surface area contributed by atoms with Crippen LogP contribution in [0.5, 0.6) is 0 Å². The Morgan fingerprint density at radius 1 is 1.26 bits per heavy atom. The van der Waals surface area contributed by atoms with Crippen molar-refractivity contribution in [1.29, 1.82) is 0 Å². The van der Waals surface area contributed by atoms with E-state index in [-0.39, 0.29) is 17.6 Å². The Morgan fingerprint density at radius 2 is 1.91 bits per heavy atom. The summed E-state index contributed by atoms with van der Waals surface area (Å²) in [4.78, 5) is 34.5. The van der Waals surface area contributed by atoms with Gasteiger partial charge in [-0.05, 0) is 38.2 Å². The molecule has 0 saturated heterocycles. The monoisotopic (exact) mass is 322 g/mol. The molecule has 128 valence electrons. The van der Waals surface area contributed by atoms with E-state index < -0.39 is 18.0 Å². The molecule has 5 heteroatoms. The van der Waals surface area contributed by atoms with Gasteiger partial charge in [0.15, 0.2) is 0 Å². The van der Waals surface area contributed by atoms with Gasteiger partial charge < -0.3 is 14.3 Å². The number of carbonyl (C=O) groups is 3. The van der Waals surface area contributed by atoms with Gasteiger partial charge in [-0.3, -0.25) is 4.79 Å². The van der Waals surface area contributed by atoms with Gasteiger partial charge in [0, 0.05) is 24.8 Å². The maximum absolute atomic E-state index is 11.8. The third-order valence-electron chi connectivity index (χ3n) is 4.28. The van der Waals surface area contributed by atoms with Crippen LogP contribution in [0.3, 0.4) is 0 Å². The standard InChI is InChI=1S/C18H26O5/c1-11-6-9-16(13(3)18(21)22-5)17(23-14(4)20)10-15(11)8-7-12(2)19/h10-11,16-17H,3,6-9H2,1-2,4-5H3/t11-,16+,17+/m0/s1. The molecule has 0 unspecified atom stereocenters. The van der Waals surface area contributed by atoms with Crippen molar-refractivity contribution in [2.75, 3.05) is 7.11 Å². The van der Waals surface area contributed by atoms with Gasteiger partial charge in [-0.2, -0.15) is 0 Å². The first-order valence-electron chi connectivity index (χ1n) is 7.90. The van der Waals surface area contributed by atoms with E-state index in [1.54, 1.807) is 6.92 Å². The first kappa shape index (κ1) is 19.1. The molecule has 0 fully saturated rings. The highest BCUT2D eigenvalue weighted by atomic mass is 16.5. The van der Waals surface area contributed by atoms with E-state index in [0.717, 1.165) is 12.0 Å². The molecule has 1 rings (SSSR count). The minimum absolute atomic E-state index is 0.127. The highest BCUT2D eigenvalue weighted by Crippen LogP contribution is 2.34. The number of carbonyl (C=O) groups excluding carboxylic acids is 3. The van der Waals surface area contributed by atoms with Crippen LogP contribution < -0.4 is 0 Å². The lowest BCUT2D eigenvalue weighted by Gasteiger charge is -2.24. The van der Waals surface area contributed by atoms with Crippen LogP contribution in [0, 0.1) is 11.8 Å². The quantitative estimate of drug-likeness (QED) is 0.427. The summed E-state index contributed by atoms with van der Waals surface area (Å²) in [5.74, 6) is -0.803. The maximum Gasteiger partial charge on any atom is 0.333 e.